The first-order chi connectivity index (χ1) is 8.52. The number of ether oxygens (including phenoxy) is 1. The third-order valence-electron chi connectivity index (χ3n) is 3.22. The molecular weight excluding hydrogens is 226 g/mol. The zero-order valence-electron chi connectivity index (χ0n) is 12.4. The normalized spacial score (nSPS) is 11.3. The van der Waals surface area contributed by atoms with Gasteiger partial charge in [0.15, 0.2) is 0 Å². The molecular formula is C15H30NO2+. The van der Waals surface area contributed by atoms with Crippen molar-refractivity contribution in [3.05, 3.63) is 12.7 Å². The summed E-state index contributed by atoms with van der Waals surface area (Å²) in [4.78, 5) is 10.9. The largest absolute Gasteiger partial charge is 0.457 e. The van der Waals surface area contributed by atoms with E-state index in [-0.39, 0.29) is 5.97 Å². The number of hydrogen-bond acceptors (Lipinski definition) is 2. The number of quaternary nitrogens is 1. The van der Waals surface area contributed by atoms with Crippen LogP contribution in [-0.2, 0) is 9.53 Å². The summed E-state index contributed by atoms with van der Waals surface area (Å²) in [5.41, 5.74) is 0. The maximum absolute atomic E-state index is 10.9. The third kappa shape index (κ3) is 10.3. The molecule has 0 saturated heterocycles. The van der Waals surface area contributed by atoms with Crippen LogP contribution in [-0.4, -0.2) is 44.2 Å². The average Bonchev–Trinajstić information content (AvgIpc) is 2.33. The van der Waals surface area contributed by atoms with Crippen molar-refractivity contribution >= 4 is 5.97 Å². The Morgan fingerprint density at radius 3 is 2.33 bits per heavy atom. The standard InChI is InChI=1S/C15H30NO2/c1-5-7-8-9-10-11-12-16(3,4)13-14-18-15(17)6-2/h6H,2,5,7-14H2,1,3-4H3/q+1. The Morgan fingerprint density at radius 1 is 1.11 bits per heavy atom. The van der Waals surface area contributed by atoms with Crippen LogP contribution >= 0.6 is 0 Å². The van der Waals surface area contributed by atoms with Crippen molar-refractivity contribution in [2.75, 3.05) is 33.8 Å². The first-order valence-electron chi connectivity index (χ1n) is 7.13. The predicted octanol–water partition coefficient (Wildman–Crippen LogP) is 3.15. The highest BCUT2D eigenvalue weighted by molar-refractivity contribution is 5.81. The van der Waals surface area contributed by atoms with Crippen molar-refractivity contribution in [2.24, 2.45) is 0 Å². The third-order valence-corrected chi connectivity index (χ3v) is 3.22. The Labute approximate surface area is 112 Å². The minimum Gasteiger partial charge on any atom is -0.457 e. The van der Waals surface area contributed by atoms with Gasteiger partial charge in [0.1, 0.15) is 13.2 Å². The molecule has 0 aromatic heterocycles. The Kier molecular flexibility index (Phi) is 9.66. The van der Waals surface area contributed by atoms with Crippen LogP contribution in [0, 0.1) is 0 Å². The van der Waals surface area contributed by atoms with Gasteiger partial charge in [0.25, 0.3) is 0 Å². The zero-order chi connectivity index (χ0) is 13.9. The smallest absolute Gasteiger partial charge is 0.330 e. The first-order valence-corrected chi connectivity index (χ1v) is 7.13. The molecule has 0 unspecified atom stereocenters. The van der Waals surface area contributed by atoms with Gasteiger partial charge in [-0.2, -0.15) is 0 Å². The first kappa shape index (κ1) is 17.2. The molecule has 0 amide bonds. The van der Waals surface area contributed by atoms with E-state index < -0.39 is 0 Å². The second kappa shape index (κ2) is 10.1. The molecule has 0 N–H and O–H groups in total. The van der Waals surface area contributed by atoms with Crippen molar-refractivity contribution in [3.63, 3.8) is 0 Å². The molecule has 3 heteroatoms. The van der Waals surface area contributed by atoms with Crippen LogP contribution in [0.5, 0.6) is 0 Å². The highest BCUT2D eigenvalue weighted by atomic mass is 16.5. The number of hydrogen-bond donors (Lipinski definition) is 0. The molecule has 106 valence electrons. The monoisotopic (exact) mass is 256 g/mol. The van der Waals surface area contributed by atoms with Crippen LogP contribution in [0.2, 0.25) is 0 Å². The summed E-state index contributed by atoms with van der Waals surface area (Å²) in [6.45, 7) is 8.12. The highest BCUT2D eigenvalue weighted by Crippen LogP contribution is 2.08. The summed E-state index contributed by atoms with van der Waals surface area (Å²) in [6.07, 6.45) is 9.15. The SMILES string of the molecule is C=CC(=O)OCC[N+](C)(C)CCCCCCCC. The minimum absolute atomic E-state index is 0.324. The number of carbonyl (C=O) groups excluding carboxylic acids is 1. The molecule has 0 atom stereocenters. The molecule has 3 nitrogen and oxygen atoms in total. The molecule has 0 heterocycles. The highest BCUT2D eigenvalue weighted by Gasteiger charge is 2.14. The quantitative estimate of drug-likeness (QED) is 0.246. The molecule has 0 aromatic carbocycles. The zero-order valence-corrected chi connectivity index (χ0v) is 12.4. The molecule has 0 saturated carbocycles. The van der Waals surface area contributed by atoms with E-state index in [0.717, 1.165) is 17.6 Å². The predicted molar refractivity (Wildman–Crippen MR) is 76.4 cm³/mol. The number of rotatable bonds is 11. The van der Waals surface area contributed by atoms with Gasteiger partial charge in [0, 0.05) is 6.08 Å². The van der Waals surface area contributed by atoms with Gasteiger partial charge < -0.3 is 9.22 Å². The summed E-state index contributed by atoms with van der Waals surface area (Å²) in [5, 5.41) is 0. The topological polar surface area (TPSA) is 26.3 Å². The van der Waals surface area contributed by atoms with Crippen LogP contribution in [0.1, 0.15) is 45.4 Å². The lowest BCUT2D eigenvalue weighted by molar-refractivity contribution is -0.890. The van der Waals surface area contributed by atoms with E-state index in [2.05, 4.69) is 27.6 Å². The van der Waals surface area contributed by atoms with E-state index in [9.17, 15) is 4.79 Å². The summed E-state index contributed by atoms with van der Waals surface area (Å²) >= 11 is 0. The fourth-order valence-corrected chi connectivity index (χ4v) is 1.88. The maximum atomic E-state index is 10.9. The maximum Gasteiger partial charge on any atom is 0.330 e. The van der Waals surface area contributed by atoms with Gasteiger partial charge >= 0.3 is 5.97 Å². The fourth-order valence-electron chi connectivity index (χ4n) is 1.88. The lowest BCUT2D eigenvalue weighted by Crippen LogP contribution is -2.43. The molecule has 0 fully saturated rings. The summed E-state index contributed by atoms with van der Waals surface area (Å²) in [7, 11) is 4.38. The van der Waals surface area contributed by atoms with E-state index in [1.165, 1.54) is 44.6 Å². The van der Waals surface area contributed by atoms with Crippen LogP contribution in [0.3, 0.4) is 0 Å². The van der Waals surface area contributed by atoms with Crippen molar-refractivity contribution in [1.29, 1.82) is 0 Å². The van der Waals surface area contributed by atoms with Crippen molar-refractivity contribution in [3.8, 4) is 0 Å². The van der Waals surface area contributed by atoms with E-state index in [0.29, 0.717) is 6.61 Å². The van der Waals surface area contributed by atoms with Gasteiger partial charge in [-0.05, 0) is 12.8 Å². The average molecular weight is 256 g/mol. The van der Waals surface area contributed by atoms with Gasteiger partial charge in [-0.25, -0.2) is 4.79 Å². The number of nitrogens with zero attached hydrogens (tertiary/aromatic N) is 1. The van der Waals surface area contributed by atoms with Gasteiger partial charge in [0.2, 0.25) is 0 Å². The van der Waals surface area contributed by atoms with Crippen LogP contribution in [0.4, 0.5) is 0 Å². The molecule has 18 heavy (non-hydrogen) atoms. The van der Waals surface area contributed by atoms with E-state index in [4.69, 9.17) is 4.74 Å². The van der Waals surface area contributed by atoms with Crippen LogP contribution in [0.15, 0.2) is 12.7 Å². The number of carbonyl (C=O) groups is 1. The Hall–Kier alpha value is -0.830. The van der Waals surface area contributed by atoms with E-state index in [1.54, 1.807) is 0 Å². The van der Waals surface area contributed by atoms with E-state index in [1.807, 2.05) is 0 Å². The van der Waals surface area contributed by atoms with Gasteiger partial charge in [-0.15, -0.1) is 0 Å². The molecule has 0 aliphatic carbocycles. The fraction of sp³-hybridized carbons (Fsp3) is 0.800. The summed E-state index contributed by atoms with van der Waals surface area (Å²) in [6, 6.07) is 0. The van der Waals surface area contributed by atoms with Crippen molar-refractivity contribution in [2.45, 2.75) is 45.4 Å². The van der Waals surface area contributed by atoms with Crippen molar-refractivity contribution < 1.29 is 14.0 Å². The molecule has 0 aliphatic heterocycles. The molecule has 0 aliphatic rings. The van der Waals surface area contributed by atoms with E-state index >= 15 is 0 Å². The lowest BCUT2D eigenvalue weighted by atomic mass is 10.1. The summed E-state index contributed by atoms with van der Waals surface area (Å²) in [5.74, 6) is -0.324. The summed E-state index contributed by atoms with van der Waals surface area (Å²) < 4.78 is 5.93. The number of unbranched alkanes of at least 4 members (excludes halogenated alkanes) is 5. The van der Waals surface area contributed by atoms with Crippen LogP contribution in [0.25, 0.3) is 0 Å². The lowest BCUT2D eigenvalue weighted by Gasteiger charge is -2.29. The van der Waals surface area contributed by atoms with Gasteiger partial charge in [-0.3, -0.25) is 0 Å². The van der Waals surface area contributed by atoms with Crippen molar-refractivity contribution in [1.82, 2.24) is 0 Å². The molecule has 0 bridgehead atoms. The minimum atomic E-state index is -0.324. The molecule has 0 spiro atoms. The Morgan fingerprint density at radius 2 is 1.72 bits per heavy atom. The second-order valence-corrected chi connectivity index (χ2v) is 5.52. The molecule has 0 radical (unpaired) electrons. The second-order valence-electron chi connectivity index (χ2n) is 5.52. The Bertz CT molecular complexity index is 237. The van der Waals surface area contributed by atoms with Gasteiger partial charge in [0.05, 0.1) is 20.6 Å². The van der Waals surface area contributed by atoms with Crippen LogP contribution < -0.4 is 0 Å². The Balaban J connectivity index is 3.54. The molecule has 0 rings (SSSR count). The number of likely N-dealkylation sites (N-methyl/N-ethyl adjacent to an activating group) is 1. The number of esters is 1. The molecule has 0 aromatic rings. The van der Waals surface area contributed by atoms with Gasteiger partial charge in [-0.1, -0.05) is 39.2 Å².